The van der Waals surface area contributed by atoms with Crippen molar-refractivity contribution in [3.63, 3.8) is 0 Å². The van der Waals surface area contributed by atoms with Crippen molar-refractivity contribution in [3.05, 3.63) is 0 Å². The van der Waals surface area contributed by atoms with Gasteiger partial charge in [-0.2, -0.15) is 0 Å². The Labute approximate surface area is 81.2 Å². The largest absolute Gasteiger partial charge is 1.00 e. The highest BCUT2D eigenvalue weighted by atomic mass is 127. The second-order valence-electron chi connectivity index (χ2n) is 3.52. The number of nitrogens with zero attached hydrogens (tertiary/aromatic N) is 1. The molecule has 0 radical (unpaired) electrons. The van der Waals surface area contributed by atoms with Gasteiger partial charge < -0.3 is 33.2 Å². The second kappa shape index (κ2) is 5.32. The van der Waals surface area contributed by atoms with Crippen LogP contribution in [-0.2, 0) is 4.74 Å². The predicted octanol–water partition coefficient (Wildman–Crippen LogP) is -2.27. The smallest absolute Gasteiger partial charge is 0.104 e. The summed E-state index contributed by atoms with van der Waals surface area (Å²) in [5.74, 6) is 0. The summed E-state index contributed by atoms with van der Waals surface area (Å²) in [6.45, 7) is 3.15. The molecule has 2 nitrogen and oxygen atoms in total. The van der Waals surface area contributed by atoms with Crippen molar-refractivity contribution in [2.75, 3.05) is 34.8 Å². The lowest BCUT2D eigenvalue weighted by molar-refractivity contribution is -0.873. The number of halogens is 1. The van der Waals surface area contributed by atoms with Gasteiger partial charge in [-0.05, 0) is 6.92 Å². The third-order valence-corrected chi connectivity index (χ3v) is 1.21. The zero-order chi connectivity index (χ0) is 7.49. The van der Waals surface area contributed by atoms with Crippen LogP contribution in [0.25, 0.3) is 0 Å². The first-order chi connectivity index (χ1) is 3.95. The maximum absolute atomic E-state index is 5.11. The molecular weight excluding hydrogens is 241 g/mol. The normalized spacial score (nSPS) is 14.1. The fourth-order valence-corrected chi connectivity index (χ4v) is 0.846. The number of hydrogen-bond donors (Lipinski definition) is 0. The van der Waals surface area contributed by atoms with E-state index in [0.29, 0.717) is 6.10 Å². The molecule has 0 heterocycles. The summed E-state index contributed by atoms with van der Waals surface area (Å²) >= 11 is 0. The molecule has 0 spiro atoms. The first-order valence-corrected chi connectivity index (χ1v) is 3.29. The molecule has 3 heteroatoms. The monoisotopic (exact) mass is 259 g/mol. The average Bonchev–Trinajstić information content (AvgIpc) is 1.62. The highest BCUT2D eigenvalue weighted by Crippen LogP contribution is 1.96. The molecule has 0 N–H and O–H groups in total. The van der Waals surface area contributed by atoms with Gasteiger partial charge in [-0.1, -0.05) is 0 Å². The number of rotatable bonds is 3. The van der Waals surface area contributed by atoms with Crippen LogP contribution in [0, 0.1) is 0 Å². The molecule has 0 fully saturated rings. The first kappa shape index (κ1) is 13.3. The van der Waals surface area contributed by atoms with Gasteiger partial charge in [0.25, 0.3) is 0 Å². The molecule has 0 saturated heterocycles. The lowest BCUT2D eigenvalue weighted by Crippen LogP contribution is -3.00. The molecule has 0 aliphatic rings. The molecule has 0 aromatic heterocycles. The van der Waals surface area contributed by atoms with E-state index in [1.807, 2.05) is 0 Å². The average molecular weight is 259 g/mol. The van der Waals surface area contributed by atoms with Gasteiger partial charge in [-0.3, -0.25) is 0 Å². The topological polar surface area (TPSA) is 9.23 Å². The maximum Gasteiger partial charge on any atom is 0.104 e. The Morgan fingerprint density at radius 2 is 1.70 bits per heavy atom. The summed E-state index contributed by atoms with van der Waals surface area (Å²) < 4.78 is 6.08. The molecule has 0 aromatic carbocycles. The maximum atomic E-state index is 5.11. The molecule has 1 unspecified atom stereocenters. The number of hydrogen-bond acceptors (Lipinski definition) is 1. The van der Waals surface area contributed by atoms with Crippen LogP contribution in [0.3, 0.4) is 0 Å². The summed E-state index contributed by atoms with van der Waals surface area (Å²) in [6, 6.07) is 0. The molecule has 0 rings (SSSR count). The quantitative estimate of drug-likeness (QED) is 0.410. The number of methoxy groups -OCH3 is 1. The summed E-state index contributed by atoms with van der Waals surface area (Å²) in [4.78, 5) is 0. The van der Waals surface area contributed by atoms with Crippen LogP contribution in [0.15, 0.2) is 0 Å². The lowest BCUT2D eigenvalue weighted by atomic mass is 10.3. The minimum absolute atomic E-state index is 0. The van der Waals surface area contributed by atoms with Gasteiger partial charge in [0.15, 0.2) is 0 Å². The second-order valence-corrected chi connectivity index (χ2v) is 3.52. The van der Waals surface area contributed by atoms with Crippen molar-refractivity contribution in [1.29, 1.82) is 0 Å². The zero-order valence-electron chi connectivity index (χ0n) is 7.52. The van der Waals surface area contributed by atoms with Crippen molar-refractivity contribution in [3.8, 4) is 0 Å². The first-order valence-electron chi connectivity index (χ1n) is 3.29. The Morgan fingerprint density at radius 3 is 1.80 bits per heavy atom. The van der Waals surface area contributed by atoms with Crippen LogP contribution < -0.4 is 24.0 Å². The standard InChI is InChI=1S/C7H18NO.HI/c1-7(9-5)6-8(2,3)4;/h7H,6H2,1-5H3;1H/q+1;/p-1. The summed E-state index contributed by atoms with van der Waals surface area (Å²) in [7, 11) is 8.24. The van der Waals surface area contributed by atoms with Crippen LogP contribution >= 0.6 is 0 Å². The fraction of sp³-hybridized carbons (Fsp3) is 1.00. The molecule has 0 aromatic rings. The number of likely N-dealkylation sites (N-methyl/N-ethyl adjacent to an activating group) is 1. The van der Waals surface area contributed by atoms with Crippen molar-refractivity contribution in [1.82, 2.24) is 0 Å². The molecule has 0 saturated carbocycles. The van der Waals surface area contributed by atoms with Gasteiger partial charge in [0.2, 0.25) is 0 Å². The molecule has 0 aliphatic heterocycles. The van der Waals surface area contributed by atoms with Crippen LogP contribution in [-0.4, -0.2) is 45.4 Å². The number of quaternary nitrogens is 1. The third-order valence-electron chi connectivity index (χ3n) is 1.21. The van der Waals surface area contributed by atoms with E-state index in [1.165, 1.54) is 0 Å². The van der Waals surface area contributed by atoms with Crippen LogP contribution in [0.2, 0.25) is 0 Å². The summed E-state index contributed by atoms with van der Waals surface area (Å²) in [6.07, 6.45) is 0.366. The van der Waals surface area contributed by atoms with Gasteiger partial charge in [0, 0.05) is 7.11 Å². The highest BCUT2D eigenvalue weighted by Gasteiger charge is 2.11. The SMILES string of the molecule is COC(C)C[N+](C)(C)C.[I-]. The third kappa shape index (κ3) is 8.65. The van der Waals surface area contributed by atoms with Gasteiger partial charge in [0.1, 0.15) is 12.6 Å². The van der Waals surface area contributed by atoms with Crippen molar-refractivity contribution in [2.45, 2.75) is 13.0 Å². The fourth-order valence-electron chi connectivity index (χ4n) is 0.846. The number of ether oxygens (including phenoxy) is 1. The van der Waals surface area contributed by atoms with E-state index in [4.69, 9.17) is 4.74 Å². The van der Waals surface area contributed by atoms with Crippen molar-refractivity contribution >= 4 is 0 Å². The van der Waals surface area contributed by atoms with E-state index in [2.05, 4.69) is 28.1 Å². The Hall–Kier alpha value is 0.650. The van der Waals surface area contributed by atoms with Crippen molar-refractivity contribution < 1.29 is 33.2 Å². The molecule has 10 heavy (non-hydrogen) atoms. The van der Waals surface area contributed by atoms with Crippen LogP contribution in [0.4, 0.5) is 0 Å². The lowest BCUT2D eigenvalue weighted by Gasteiger charge is -2.26. The molecule has 0 bridgehead atoms. The van der Waals surface area contributed by atoms with Crippen LogP contribution in [0.1, 0.15) is 6.92 Å². The highest BCUT2D eigenvalue weighted by molar-refractivity contribution is 4.42. The minimum atomic E-state index is 0. The van der Waals surface area contributed by atoms with E-state index >= 15 is 0 Å². The van der Waals surface area contributed by atoms with Gasteiger partial charge in [-0.15, -0.1) is 0 Å². The Bertz CT molecular complexity index is 80.2. The van der Waals surface area contributed by atoms with E-state index in [-0.39, 0.29) is 24.0 Å². The van der Waals surface area contributed by atoms with Crippen molar-refractivity contribution in [2.24, 2.45) is 0 Å². The molecule has 1 atom stereocenters. The Kier molecular flexibility index (Phi) is 7.05. The van der Waals surface area contributed by atoms with Gasteiger partial charge >= 0.3 is 0 Å². The Balaban J connectivity index is 0. The summed E-state index contributed by atoms with van der Waals surface area (Å²) in [5.41, 5.74) is 0. The van der Waals surface area contributed by atoms with E-state index in [9.17, 15) is 0 Å². The van der Waals surface area contributed by atoms with E-state index < -0.39 is 0 Å². The van der Waals surface area contributed by atoms with E-state index in [1.54, 1.807) is 7.11 Å². The predicted molar refractivity (Wildman–Crippen MR) is 39.4 cm³/mol. The Morgan fingerprint density at radius 1 is 1.30 bits per heavy atom. The van der Waals surface area contributed by atoms with Gasteiger partial charge in [-0.25, -0.2) is 0 Å². The zero-order valence-corrected chi connectivity index (χ0v) is 9.68. The minimum Gasteiger partial charge on any atom is -1.00 e. The molecule has 0 amide bonds. The van der Waals surface area contributed by atoms with Crippen LogP contribution in [0.5, 0.6) is 0 Å². The molecular formula is C7H18INO. The summed E-state index contributed by atoms with van der Waals surface area (Å²) in [5, 5.41) is 0. The molecule has 64 valence electrons. The van der Waals surface area contributed by atoms with Gasteiger partial charge in [0.05, 0.1) is 21.1 Å². The van der Waals surface area contributed by atoms with E-state index in [0.717, 1.165) is 11.0 Å². The molecule has 0 aliphatic carbocycles.